The minimum absolute atomic E-state index is 0.0167. The van der Waals surface area contributed by atoms with Gasteiger partial charge in [0.05, 0.1) is 5.71 Å². The zero-order chi connectivity index (χ0) is 34.6. The lowest BCUT2D eigenvalue weighted by molar-refractivity contribution is 0.278. The molecule has 6 aromatic rings. The van der Waals surface area contributed by atoms with Crippen molar-refractivity contribution in [2.24, 2.45) is 10.9 Å². The first-order valence-corrected chi connectivity index (χ1v) is 19.3. The van der Waals surface area contributed by atoms with Gasteiger partial charge in [-0.25, -0.2) is 0 Å². The molecule has 0 saturated carbocycles. The van der Waals surface area contributed by atoms with E-state index in [2.05, 4.69) is 175 Å². The fourth-order valence-corrected chi connectivity index (χ4v) is 9.63. The van der Waals surface area contributed by atoms with Crippen molar-refractivity contribution in [3.63, 3.8) is 0 Å². The zero-order valence-corrected chi connectivity index (χ0v) is 30.1. The number of thiophene rings is 1. The molecule has 0 spiro atoms. The standard InChI is InChI=1S/C48H39N3S/c1-50-45-31-44(33-11-3-2-4-12-33)49-48(50)34-14-7-13-32(23-24-34)36-16-9-19-39(28-36)51(40-20-10-17-37(29-40)35-15-8-18-38(45)27-35)41-25-26-47-43(30-41)42-21-5-6-22-46(42)52-47/h2-4,6-20,22,25-31,34,48H,5,21,23-24H2,1H3. The van der Waals surface area contributed by atoms with Gasteiger partial charge >= 0.3 is 0 Å². The first-order valence-electron chi connectivity index (χ1n) is 18.4. The summed E-state index contributed by atoms with van der Waals surface area (Å²) < 4.78 is 1.36. The van der Waals surface area contributed by atoms with Gasteiger partial charge in [-0.2, -0.15) is 0 Å². The van der Waals surface area contributed by atoms with Crippen LogP contribution in [0.4, 0.5) is 17.1 Å². The quantitative estimate of drug-likeness (QED) is 0.180. The molecular weight excluding hydrogens is 651 g/mol. The molecule has 1 aromatic heterocycles. The maximum absolute atomic E-state index is 5.45. The summed E-state index contributed by atoms with van der Waals surface area (Å²) in [6.45, 7) is 0. The van der Waals surface area contributed by atoms with Crippen LogP contribution in [-0.4, -0.2) is 23.8 Å². The highest BCUT2D eigenvalue weighted by atomic mass is 32.1. The Morgan fingerprint density at radius 1 is 0.692 bits per heavy atom. The molecule has 0 radical (unpaired) electrons. The third-order valence-corrected chi connectivity index (χ3v) is 12.3. The second kappa shape index (κ2) is 12.8. The van der Waals surface area contributed by atoms with Crippen LogP contribution in [0.3, 0.4) is 0 Å². The van der Waals surface area contributed by atoms with Crippen molar-refractivity contribution in [1.82, 2.24) is 4.90 Å². The van der Waals surface area contributed by atoms with Crippen LogP contribution < -0.4 is 4.90 Å². The molecule has 52 heavy (non-hydrogen) atoms. The lowest BCUT2D eigenvalue weighted by Crippen LogP contribution is -2.38. The second-order valence-electron chi connectivity index (χ2n) is 14.3. The monoisotopic (exact) mass is 689 g/mol. The van der Waals surface area contributed by atoms with E-state index in [0.29, 0.717) is 0 Å². The highest BCUT2D eigenvalue weighted by molar-refractivity contribution is 7.20. The van der Waals surface area contributed by atoms with Crippen LogP contribution in [0.2, 0.25) is 0 Å². The largest absolute Gasteiger partial charge is 0.352 e. The Morgan fingerprint density at radius 3 is 2.29 bits per heavy atom. The Hall–Kier alpha value is -5.71. The number of aryl methyl sites for hydroxylation is 1. The van der Waals surface area contributed by atoms with Gasteiger partial charge in [0, 0.05) is 45.3 Å². The summed E-state index contributed by atoms with van der Waals surface area (Å²) in [5.74, 6) is 0.257. The highest BCUT2D eigenvalue weighted by Crippen LogP contribution is 2.43. The summed E-state index contributed by atoms with van der Waals surface area (Å²) in [7, 11) is 2.22. The lowest BCUT2D eigenvalue weighted by atomic mass is 9.92. The lowest BCUT2D eigenvalue weighted by Gasteiger charge is -2.37. The molecule has 5 aromatic carbocycles. The second-order valence-corrected chi connectivity index (χ2v) is 15.4. The van der Waals surface area contributed by atoms with Gasteiger partial charge in [-0.05, 0) is 131 Å². The zero-order valence-electron chi connectivity index (χ0n) is 29.2. The van der Waals surface area contributed by atoms with Crippen LogP contribution in [-0.2, 0) is 6.42 Å². The van der Waals surface area contributed by atoms with Crippen molar-refractivity contribution in [3.8, 4) is 11.1 Å². The molecule has 0 N–H and O–H groups in total. The van der Waals surface area contributed by atoms with Crippen LogP contribution in [0.25, 0.3) is 38.6 Å². The number of aliphatic imine (C=N–C) groups is 1. The SMILES string of the molecule is CN1C2=CC(c3ccccc3)=NC1C1C=CC=C(CC1)c1cccc(c1)N(c1ccc3sc4c(c3c1)CCC=C4)c1cccc(c1)-c1cccc2c1. The topological polar surface area (TPSA) is 18.8 Å². The Kier molecular flexibility index (Phi) is 7.65. The fraction of sp³-hybridized carbons (Fsp3) is 0.146. The van der Waals surface area contributed by atoms with Crippen LogP contribution in [0.15, 0.2) is 157 Å². The van der Waals surface area contributed by atoms with Crippen molar-refractivity contribution >= 4 is 61.5 Å². The molecule has 0 amide bonds. The molecule has 252 valence electrons. The van der Waals surface area contributed by atoms with E-state index in [1.165, 1.54) is 65.4 Å². The minimum atomic E-state index is -0.0167. The highest BCUT2D eigenvalue weighted by Gasteiger charge is 2.30. The maximum Gasteiger partial charge on any atom is 0.127 e. The number of allylic oxidation sites excluding steroid dienone is 5. The molecule has 2 atom stereocenters. The predicted octanol–water partition coefficient (Wildman–Crippen LogP) is 12.5. The molecule has 4 heteroatoms. The van der Waals surface area contributed by atoms with Crippen LogP contribution in [0, 0.1) is 5.92 Å². The number of rotatable bonds is 2. The van der Waals surface area contributed by atoms with E-state index in [1.54, 1.807) is 0 Å². The van der Waals surface area contributed by atoms with Crippen molar-refractivity contribution in [2.75, 3.05) is 11.9 Å². The minimum Gasteiger partial charge on any atom is -0.352 e. The van der Waals surface area contributed by atoms with E-state index >= 15 is 0 Å². The van der Waals surface area contributed by atoms with Crippen molar-refractivity contribution < 1.29 is 0 Å². The number of fused-ring (bicyclic) bond motifs is 18. The van der Waals surface area contributed by atoms with E-state index in [-0.39, 0.29) is 12.1 Å². The normalized spacial score (nSPS) is 19.1. The number of hydrogen-bond acceptors (Lipinski definition) is 4. The molecule has 0 fully saturated rings. The molecule has 3 heterocycles. The summed E-state index contributed by atoms with van der Waals surface area (Å²) in [5, 5.41) is 1.38. The number of anilines is 3. The van der Waals surface area contributed by atoms with Gasteiger partial charge in [-0.3, -0.25) is 4.99 Å². The Balaban J connectivity index is 1.17. The Morgan fingerprint density at radius 2 is 1.42 bits per heavy atom. The van der Waals surface area contributed by atoms with Gasteiger partial charge in [0.15, 0.2) is 0 Å². The van der Waals surface area contributed by atoms with Gasteiger partial charge in [0.25, 0.3) is 0 Å². The fourth-order valence-electron chi connectivity index (χ4n) is 8.46. The Labute approximate surface area is 309 Å². The molecule has 2 aliphatic heterocycles. The number of benzene rings is 5. The van der Waals surface area contributed by atoms with Crippen molar-refractivity contribution in [1.29, 1.82) is 0 Å². The summed E-state index contributed by atoms with van der Waals surface area (Å²) in [5.41, 5.74) is 14.6. The average molecular weight is 690 g/mol. The Bertz CT molecular complexity index is 2510. The first-order chi connectivity index (χ1) is 25.7. The predicted molar refractivity (Wildman–Crippen MR) is 222 cm³/mol. The van der Waals surface area contributed by atoms with E-state index in [1.807, 2.05) is 11.3 Å². The smallest absolute Gasteiger partial charge is 0.127 e. The summed E-state index contributed by atoms with van der Waals surface area (Å²) in [6.07, 6.45) is 18.1. The van der Waals surface area contributed by atoms with E-state index in [9.17, 15) is 0 Å². The molecule has 10 bridgehead atoms. The molecule has 2 unspecified atom stereocenters. The van der Waals surface area contributed by atoms with Gasteiger partial charge < -0.3 is 9.80 Å². The summed E-state index contributed by atoms with van der Waals surface area (Å²) >= 11 is 1.91. The van der Waals surface area contributed by atoms with Crippen LogP contribution >= 0.6 is 11.3 Å². The number of hydrogen-bond donors (Lipinski definition) is 0. The molecule has 2 aliphatic carbocycles. The van der Waals surface area contributed by atoms with Crippen molar-refractivity contribution in [2.45, 2.75) is 31.8 Å². The van der Waals surface area contributed by atoms with E-state index in [0.717, 1.165) is 42.6 Å². The van der Waals surface area contributed by atoms with Crippen LogP contribution in [0.5, 0.6) is 0 Å². The molecule has 3 nitrogen and oxygen atoms in total. The van der Waals surface area contributed by atoms with E-state index in [4.69, 9.17) is 4.99 Å². The van der Waals surface area contributed by atoms with Crippen molar-refractivity contribution in [3.05, 3.63) is 179 Å². The van der Waals surface area contributed by atoms with Gasteiger partial charge in [0.1, 0.15) is 6.17 Å². The molecular formula is C48H39N3S. The van der Waals surface area contributed by atoms with Gasteiger partial charge in [-0.1, -0.05) is 97.1 Å². The third-order valence-electron chi connectivity index (χ3n) is 11.1. The van der Waals surface area contributed by atoms with Gasteiger partial charge in [0.2, 0.25) is 0 Å². The molecule has 4 aliphatic rings. The summed E-state index contributed by atoms with van der Waals surface area (Å²) in [6, 6.07) is 45.0. The first kappa shape index (κ1) is 31.1. The number of nitrogens with zero attached hydrogens (tertiary/aromatic N) is 3. The molecule has 10 rings (SSSR count). The van der Waals surface area contributed by atoms with Crippen LogP contribution in [0.1, 0.15) is 46.4 Å². The van der Waals surface area contributed by atoms with Gasteiger partial charge in [-0.15, -0.1) is 11.3 Å². The maximum atomic E-state index is 5.45. The third kappa shape index (κ3) is 5.46. The molecule has 0 saturated heterocycles. The van der Waals surface area contributed by atoms with E-state index < -0.39 is 0 Å². The average Bonchev–Trinajstić information content (AvgIpc) is 3.38. The summed E-state index contributed by atoms with van der Waals surface area (Å²) in [4.78, 5) is 11.7.